The second-order valence-corrected chi connectivity index (χ2v) is 6.56. The number of hydrogen-bond acceptors (Lipinski definition) is 5. The highest BCUT2D eigenvalue weighted by Gasteiger charge is 2.24. The average molecular weight is 365 g/mol. The molecule has 0 bridgehead atoms. The third-order valence-corrected chi connectivity index (χ3v) is 5.02. The zero-order valence-corrected chi connectivity index (χ0v) is 15.6. The highest BCUT2D eigenvalue weighted by molar-refractivity contribution is 5.93. The summed E-state index contributed by atoms with van der Waals surface area (Å²) in [5.74, 6) is 0.836. The fraction of sp³-hybridized carbons (Fsp3) is 0.350. The Morgan fingerprint density at radius 3 is 2.52 bits per heavy atom. The summed E-state index contributed by atoms with van der Waals surface area (Å²) >= 11 is 0. The quantitative estimate of drug-likeness (QED) is 0.710. The predicted octanol–water partition coefficient (Wildman–Crippen LogP) is 2.26. The van der Waals surface area contributed by atoms with Crippen molar-refractivity contribution in [3.8, 4) is 5.75 Å². The van der Waals surface area contributed by atoms with E-state index in [2.05, 4.69) is 34.0 Å². The molecule has 4 rings (SSSR count). The smallest absolute Gasteiger partial charge is 0.272 e. The lowest BCUT2D eigenvalue weighted by atomic mass is 10.2. The first-order chi connectivity index (χ1) is 13.2. The van der Waals surface area contributed by atoms with Gasteiger partial charge in [0.25, 0.3) is 5.91 Å². The van der Waals surface area contributed by atoms with Crippen molar-refractivity contribution in [1.82, 2.24) is 19.5 Å². The second kappa shape index (κ2) is 7.26. The molecule has 1 saturated heterocycles. The molecule has 1 aliphatic heterocycles. The predicted molar refractivity (Wildman–Crippen MR) is 103 cm³/mol. The van der Waals surface area contributed by atoms with Crippen LogP contribution in [0.4, 0.5) is 5.69 Å². The maximum atomic E-state index is 13.0. The maximum Gasteiger partial charge on any atom is 0.272 e. The first kappa shape index (κ1) is 17.3. The third kappa shape index (κ3) is 3.32. The van der Waals surface area contributed by atoms with Crippen molar-refractivity contribution >= 4 is 17.2 Å². The molecule has 3 aromatic rings. The number of ether oxygens (including phenoxy) is 1. The monoisotopic (exact) mass is 365 g/mol. The van der Waals surface area contributed by atoms with Gasteiger partial charge in [-0.25, -0.2) is 9.50 Å². The van der Waals surface area contributed by atoms with Crippen LogP contribution in [0.3, 0.4) is 0 Å². The number of hydrogen-bond donors (Lipinski definition) is 0. The number of aryl methyl sites for hydroxylation is 1. The molecule has 27 heavy (non-hydrogen) atoms. The van der Waals surface area contributed by atoms with Crippen LogP contribution >= 0.6 is 0 Å². The molecule has 1 aliphatic rings. The van der Waals surface area contributed by atoms with E-state index in [-0.39, 0.29) is 5.91 Å². The van der Waals surface area contributed by atoms with E-state index in [4.69, 9.17) is 4.74 Å². The summed E-state index contributed by atoms with van der Waals surface area (Å²) in [5.41, 5.74) is 3.35. The van der Waals surface area contributed by atoms with Crippen LogP contribution in [0.2, 0.25) is 0 Å². The molecule has 7 nitrogen and oxygen atoms in total. The van der Waals surface area contributed by atoms with Gasteiger partial charge in [-0.1, -0.05) is 6.92 Å². The van der Waals surface area contributed by atoms with Crippen molar-refractivity contribution in [2.75, 3.05) is 38.2 Å². The summed E-state index contributed by atoms with van der Waals surface area (Å²) in [7, 11) is 1.67. The molecule has 1 fully saturated rings. The molecule has 0 radical (unpaired) electrons. The van der Waals surface area contributed by atoms with Crippen LogP contribution in [0.5, 0.6) is 5.75 Å². The Morgan fingerprint density at radius 1 is 1.11 bits per heavy atom. The number of amides is 1. The van der Waals surface area contributed by atoms with E-state index in [1.807, 2.05) is 29.2 Å². The van der Waals surface area contributed by atoms with Crippen LogP contribution in [0.1, 0.15) is 23.1 Å². The highest BCUT2D eigenvalue weighted by atomic mass is 16.5. The van der Waals surface area contributed by atoms with Crippen LogP contribution in [-0.2, 0) is 6.42 Å². The number of carbonyl (C=O) groups is 1. The molecule has 7 heteroatoms. The molecule has 1 amide bonds. The molecule has 0 N–H and O–H groups in total. The number of rotatable bonds is 4. The standard InChI is InChI=1S/C20H23N5O2/c1-3-15-14-18(22-19-8-9-21-25(15)19)20(26)24-12-10-23(11-13-24)16-4-6-17(27-2)7-5-16/h4-9,14H,3,10-13H2,1-2H3. The molecule has 0 saturated carbocycles. The zero-order chi connectivity index (χ0) is 18.8. The SMILES string of the molecule is CCc1cc(C(=O)N2CCN(c3ccc(OC)cc3)CC2)nc2ccnn12. The fourth-order valence-corrected chi connectivity index (χ4v) is 3.46. The lowest BCUT2D eigenvalue weighted by Gasteiger charge is -2.36. The van der Waals surface area contributed by atoms with E-state index in [0.717, 1.165) is 42.3 Å². The van der Waals surface area contributed by atoms with E-state index in [1.165, 1.54) is 0 Å². The fourth-order valence-electron chi connectivity index (χ4n) is 3.46. The maximum absolute atomic E-state index is 13.0. The summed E-state index contributed by atoms with van der Waals surface area (Å²) in [5, 5.41) is 4.27. The van der Waals surface area contributed by atoms with Crippen LogP contribution in [0, 0.1) is 0 Å². The van der Waals surface area contributed by atoms with Gasteiger partial charge >= 0.3 is 0 Å². The molecule has 140 valence electrons. The molecule has 0 aliphatic carbocycles. The summed E-state index contributed by atoms with van der Waals surface area (Å²) in [6.45, 7) is 5.01. The molecule has 1 aromatic carbocycles. The van der Waals surface area contributed by atoms with Gasteiger partial charge in [0.05, 0.1) is 13.3 Å². The zero-order valence-electron chi connectivity index (χ0n) is 15.6. The topological polar surface area (TPSA) is 63.0 Å². The molecule has 0 spiro atoms. The summed E-state index contributed by atoms with van der Waals surface area (Å²) < 4.78 is 7.00. The minimum Gasteiger partial charge on any atom is -0.497 e. The van der Waals surface area contributed by atoms with Gasteiger partial charge in [-0.15, -0.1) is 0 Å². The van der Waals surface area contributed by atoms with Gasteiger partial charge in [0.1, 0.15) is 11.4 Å². The minimum absolute atomic E-state index is 0.0113. The van der Waals surface area contributed by atoms with Gasteiger partial charge in [0, 0.05) is 43.6 Å². The van der Waals surface area contributed by atoms with Crippen LogP contribution < -0.4 is 9.64 Å². The molecule has 0 unspecified atom stereocenters. The summed E-state index contributed by atoms with van der Waals surface area (Å²) in [6.07, 6.45) is 2.51. The normalized spacial score (nSPS) is 14.6. The van der Waals surface area contributed by atoms with E-state index >= 15 is 0 Å². The Kier molecular flexibility index (Phi) is 4.66. The summed E-state index contributed by atoms with van der Waals surface area (Å²) in [6, 6.07) is 11.7. The Bertz CT molecular complexity index is 943. The van der Waals surface area contributed by atoms with Crippen molar-refractivity contribution in [1.29, 1.82) is 0 Å². The van der Waals surface area contributed by atoms with Gasteiger partial charge in [-0.05, 0) is 36.8 Å². The number of anilines is 1. The van der Waals surface area contributed by atoms with Gasteiger partial charge < -0.3 is 14.5 Å². The van der Waals surface area contributed by atoms with E-state index in [0.29, 0.717) is 18.8 Å². The molecule has 0 atom stereocenters. The molecular formula is C20H23N5O2. The number of aromatic nitrogens is 3. The number of nitrogens with zero attached hydrogens (tertiary/aromatic N) is 5. The minimum atomic E-state index is -0.0113. The van der Waals surface area contributed by atoms with Crippen molar-refractivity contribution in [2.24, 2.45) is 0 Å². The number of benzene rings is 1. The average Bonchev–Trinajstić information content (AvgIpc) is 3.21. The van der Waals surface area contributed by atoms with Crippen molar-refractivity contribution in [3.63, 3.8) is 0 Å². The van der Waals surface area contributed by atoms with Crippen LogP contribution in [-0.4, -0.2) is 58.7 Å². The molecule has 2 aromatic heterocycles. The molecule has 3 heterocycles. The Morgan fingerprint density at radius 2 is 1.85 bits per heavy atom. The van der Waals surface area contributed by atoms with Gasteiger partial charge in [-0.2, -0.15) is 5.10 Å². The molecular weight excluding hydrogens is 342 g/mol. The number of methoxy groups -OCH3 is 1. The van der Waals surface area contributed by atoms with Crippen LogP contribution in [0.25, 0.3) is 5.65 Å². The number of piperazine rings is 1. The third-order valence-electron chi connectivity index (χ3n) is 5.02. The van der Waals surface area contributed by atoms with Gasteiger partial charge in [-0.3, -0.25) is 4.79 Å². The highest BCUT2D eigenvalue weighted by Crippen LogP contribution is 2.21. The lowest BCUT2D eigenvalue weighted by molar-refractivity contribution is 0.0741. The van der Waals surface area contributed by atoms with Crippen LogP contribution in [0.15, 0.2) is 42.6 Å². The second-order valence-electron chi connectivity index (χ2n) is 6.56. The van der Waals surface area contributed by atoms with Crippen molar-refractivity contribution < 1.29 is 9.53 Å². The van der Waals surface area contributed by atoms with E-state index < -0.39 is 0 Å². The van der Waals surface area contributed by atoms with E-state index in [1.54, 1.807) is 17.8 Å². The lowest BCUT2D eigenvalue weighted by Crippen LogP contribution is -2.49. The Hall–Kier alpha value is -3.09. The first-order valence-electron chi connectivity index (χ1n) is 9.21. The number of carbonyl (C=O) groups excluding carboxylic acids is 1. The van der Waals surface area contributed by atoms with Crippen molar-refractivity contribution in [2.45, 2.75) is 13.3 Å². The van der Waals surface area contributed by atoms with E-state index in [9.17, 15) is 4.79 Å². The Balaban J connectivity index is 1.46. The number of fused-ring (bicyclic) bond motifs is 1. The van der Waals surface area contributed by atoms with Gasteiger partial charge in [0.2, 0.25) is 0 Å². The summed E-state index contributed by atoms with van der Waals surface area (Å²) in [4.78, 5) is 21.6. The Labute approximate surface area is 158 Å². The van der Waals surface area contributed by atoms with Crippen molar-refractivity contribution in [3.05, 3.63) is 54.0 Å². The van der Waals surface area contributed by atoms with Gasteiger partial charge in [0.15, 0.2) is 5.65 Å². The first-order valence-corrected chi connectivity index (χ1v) is 9.21. The largest absolute Gasteiger partial charge is 0.497 e.